The van der Waals surface area contributed by atoms with Crippen molar-refractivity contribution in [2.24, 2.45) is 0 Å². The van der Waals surface area contributed by atoms with Crippen LogP contribution < -0.4 is 10.6 Å². The lowest BCUT2D eigenvalue weighted by molar-refractivity contribution is 0.0697. The number of nitrogen functional groups attached to an aromatic ring is 1. The Kier molecular flexibility index (Phi) is 2.59. The Morgan fingerprint density at radius 3 is 3.00 bits per heavy atom. The number of nitrogens with zero attached hydrogens (tertiary/aromatic N) is 4. The fourth-order valence-electron chi connectivity index (χ4n) is 2.24. The standard InChI is InChI=1S/C12H13N5O2/c13-8-5-9(12(18)19)11(15-6-8)17-4-3-16-2-1-14-10(16)7-17/h1-2,5-6H,3-4,7,13H2,(H,18,19). The second kappa shape index (κ2) is 4.27. The highest BCUT2D eigenvalue weighted by atomic mass is 16.4. The van der Waals surface area contributed by atoms with Crippen LogP contribution in [0.25, 0.3) is 0 Å². The summed E-state index contributed by atoms with van der Waals surface area (Å²) in [6.45, 7) is 2.01. The van der Waals surface area contributed by atoms with Gasteiger partial charge in [-0.2, -0.15) is 0 Å². The van der Waals surface area contributed by atoms with Gasteiger partial charge in [-0.3, -0.25) is 0 Å². The maximum Gasteiger partial charge on any atom is 0.339 e. The normalized spacial score (nSPS) is 14.2. The fraction of sp³-hybridized carbons (Fsp3) is 0.250. The highest BCUT2D eigenvalue weighted by Gasteiger charge is 2.22. The zero-order valence-electron chi connectivity index (χ0n) is 10.2. The van der Waals surface area contributed by atoms with Crippen molar-refractivity contribution >= 4 is 17.5 Å². The zero-order chi connectivity index (χ0) is 13.4. The van der Waals surface area contributed by atoms with E-state index in [0.29, 0.717) is 24.6 Å². The molecule has 0 bridgehead atoms. The van der Waals surface area contributed by atoms with E-state index in [9.17, 15) is 9.90 Å². The van der Waals surface area contributed by atoms with E-state index in [0.717, 1.165) is 12.4 Å². The molecule has 19 heavy (non-hydrogen) atoms. The van der Waals surface area contributed by atoms with Crippen LogP contribution in [0.3, 0.4) is 0 Å². The Morgan fingerprint density at radius 1 is 1.37 bits per heavy atom. The summed E-state index contributed by atoms with van der Waals surface area (Å²) >= 11 is 0. The number of aromatic carboxylic acids is 1. The Hall–Kier alpha value is -2.57. The van der Waals surface area contributed by atoms with E-state index in [1.165, 1.54) is 12.3 Å². The van der Waals surface area contributed by atoms with E-state index >= 15 is 0 Å². The Morgan fingerprint density at radius 2 is 2.21 bits per heavy atom. The largest absolute Gasteiger partial charge is 0.478 e. The van der Waals surface area contributed by atoms with Gasteiger partial charge in [-0.05, 0) is 6.07 Å². The number of nitrogens with two attached hydrogens (primary N) is 1. The Balaban J connectivity index is 1.98. The van der Waals surface area contributed by atoms with Crippen molar-refractivity contribution in [1.29, 1.82) is 0 Å². The first-order chi connectivity index (χ1) is 9.15. The van der Waals surface area contributed by atoms with Gasteiger partial charge in [0, 0.05) is 25.5 Å². The van der Waals surface area contributed by atoms with Gasteiger partial charge >= 0.3 is 5.97 Å². The molecule has 0 saturated carbocycles. The second-order valence-corrected chi connectivity index (χ2v) is 4.40. The van der Waals surface area contributed by atoms with Crippen LogP contribution in [0.5, 0.6) is 0 Å². The molecule has 3 N–H and O–H groups in total. The molecule has 98 valence electrons. The van der Waals surface area contributed by atoms with Gasteiger partial charge in [0.2, 0.25) is 0 Å². The molecule has 0 radical (unpaired) electrons. The fourth-order valence-corrected chi connectivity index (χ4v) is 2.24. The molecular weight excluding hydrogens is 246 g/mol. The van der Waals surface area contributed by atoms with Crippen LogP contribution >= 0.6 is 0 Å². The summed E-state index contributed by atoms with van der Waals surface area (Å²) in [5.41, 5.74) is 6.07. The van der Waals surface area contributed by atoms with Gasteiger partial charge in [0.15, 0.2) is 0 Å². The smallest absolute Gasteiger partial charge is 0.339 e. The van der Waals surface area contributed by atoms with Crippen molar-refractivity contribution in [3.05, 3.63) is 36.0 Å². The molecule has 3 rings (SSSR count). The molecular formula is C12H13N5O2. The first-order valence-electron chi connectivity index (χ1n) is 5.89. The minimum Gasteiger partial charge on any atom is -0.478 e. The second-order valence-electron chi connectivity index (χ2n) is 4.40. The van der Waals surface area contributed by atoms with Crippen molar-refractivity contribution in [1.82, 2.24) is 14.5 Å². The van der Waals surface area contributed by atoms with Crippen LogP contribution in [-0.4, -0.2) is 32.2 Å². The third-order valence-electron chi connectivity index (χ3n) is 3.16. The number of anilines is 2. The quantitative estimate of drug-likeness (QED) is 0.818. The number of carboxylic acids is 1. The molecule has 0 amide bonds. The summed E-state index contributed by atoms with van der Waals surface area (Å²) in [5, 5.41) is 9.23. The van der Waals surface area contributed by atoms with E-state index in [-0.39, 0.29) is 5.56 Å². The molecule has 2 aromatic heterocycles. The number of carboxylic acid groups (broad SMARTS) is 1. The highest BCUT2D eigenvalue weighted by Crippen LogP contribution is 2.23. The molecule has 3 heterocycles. The molecule has 7 heteroatoms. The van der Waals surface area contributed by atoms with E-state index in [4.69, 9.17) is 5.73 Å². The van der Waals surface area contributed by atoms with Crippen molar-refractivity contribution in [3.8, 4) is 0 Å². The van der Waals surface area contributed by atoms with Gasteiger partial charge in [0.05, 0.1) is 18.4 Å². The molecule has 0 aliphatic carbocycles. The minimum atomic E-state index is -1.02. The summed E-state index contributed by atoms with van der Waals surface area (Å²) in [5.74, 6) is 0.320. The molecule has 0 fully saturated rings. The Bertz CT molecular complexity index is 637. The molecule has 1 aliphatic heterocycles. The summed E-state index contributed by atoms with van der Waals surface area (Å²) in [7, 11) is 0. The average molecular weight is 259 g/mol. The van der Waals surface area contributed by atoms with Gasteiger partial charge in [-0.1, -0.05) is 0 Å². The van der Waals surface area contributed by atoms with Gasteiger partial charge in [0.1, 0.15) is 17.2 Å². The zero-order valence-corrected chi connectivity index (χ0v) is 10.2. The van der Waals surface area contributed by atoms with Crippen LogP contribution in [0, 0.1) is 0 Å². The van der Waals surface area contributed by atoms with Crippen LogP contribution in [0.4, 0.5) is 11.5 Å². The summed E-state index contributed by atoms with van der Waals surface area (Å²) < 4.78 is 2.05. The van der Waals surface area contributed by atoms with Crippen molar-refractivity contribution in [2.45, 2.75) is 13.1 Å². The molecule has 0 unspecified atom stereocenters. The molecule has 2 aromatic rings. The van der Waals surface area contributed by atoms with Crippen LogP contribution in [0.2, 0.25) is 0 Å². The van der Waals surface area contributed by atoms with Gasteiger partial charge in [0.25, 0.3) is 0 Å². The molecule has 0 spiro atoms. The highest BCUT2D eigenvalue weighted by molar-refractivity contribution is 5.94. The number of rotatable bonds is 2. The molecule has 0 aromatic carbocycles. The number of carbonyl (C=O) groups is 1. The van der Waals surface area contributed by atoms with Crippen molar-refractivity contribution in [3.63, 3.8) is 0 Å². The van der Waals surface area contributed by atoms with E-state index < -0.39 is 5.97 Å². The number of fused-ring (bicyclic) bond motifs is 1. The molecule has 1 aliphatic rings. The maximum absolute atomic E-state index is 11.3. The van der Waals surface area contributed by atoms with Gasteiger partial charge < -0.3 is 20.3 Å². The lowest BCUT2D eigenvalue weighted by Gasteiger charge is -2.29. The van der Waals surface area contributed by atoms with Crippen LogP contribution in [0.15, 0.2) is 24.7 Å². The SMILES string of the molecule is Nc1cnc(N2CCn3ccnc3C2)c(C(=O)O)c1. The summed E-state index contributed by atoms with van der Waals surface area (Å²) in [4.78, 5) is 21.6. The summed E-state index contributed by atoms with van der Waals surface area (Å²) in [6.07, 6.45) is 5.14. The van der Waals surface area contributed by atoms with Crippen molar-refractivity contribution in [2.75, 3.05) is 17.2 Å². The van der Waals surface area contributed by atoms with Crippen LogP contribution in [-0.2, 0) is 13.1 Å². The predicted octanol–water partition coefficient (Wildman–Crippen LogP) is 0.579. The third kappa shape index (κ3) is 1.99. The molecule has 0 saturated heterocycles. The Labute approximate surface area is 109 Å². The van der Waals surface area contributed by atoms with Crippen LogP contribution in [0.1, 0.15) is 16.2 Å². The monoisotopic (exact) mass is 259 g/mol. The predicted molar refractivity (Wildman–Crippen MR) is 68.9 cm³/mol. The van der Waals surface area contributed by atoms with E-state index in [1.54, 1.807) is 6.20 Å². The van der Waals surface area contributed by atoms with E-state index in [2.05, 4.69) is 9.97 Å². The average Bonchev–Trinajstić information content (AvgIpc) is 2.85. The molecule has 0 atom stereocenters. The minimum absolute atomic E-state index is 0.125. The topological polar surface area (TPSA) is 97.3 Å². The number of imidazole rings is 1. The first-order valence-corrected chi connectivity index (χ1v) is 5.89. The maximum atomic E-state index is 11.3. The number of hydrogen-bond donors (Lipinski definition) is 2. The number of aromatic nitrogens is 3. The molecule has 7 nitrogen and oxygen atoms in total. The third-order valence-corrected chi connectivity index (χ3v) is 3.16. The van der Waals surface area contributed by atoms with Crippen molar-refractivity contribution < 1.29 is 9.90 Å². The van der Waals surface area contributed by atoms with E-state index in [1.807, 2.05) is 15.7 Å². The number of hydrogen-bond acceptors (Lipinski definition) is 5. The number of pyridine rings is 1. The lowest BCUT2D eigenvalue weighted by Crippen LogP contribution is -2.35. The van der Waals surface area contributed by atoms with Gasteiger partial charge in [-0.25, -0.2) is 14.8 Å². The summed E-state index contributed by atoms with van der Waals surface area (Å²) in [6, 6.07) is 1.44. The first kappa shape index (κ1) is 11.5. The van der Waals surface area contributed by atoms with Gasteiger partial charge in [-0.15, -0.1) is 0 Å². The lowest BCUT2D eigenvalue weighted by atomic mass is 10.2.